The zero-order valence-electron chi connectivity index (χ0n) is 15.4. The van der Waals surface area contributed by atoms with Crippen LogP contribution in [0.15, 0.2) is 23.1 Å². The van der Waals surface area contributed by atoms with Crippen LogP contribution in [0.2, 0.25) is 0 Å². The van der Waals surface area contributed by atoms with E-state index in [1.165, 1.54) is 10.4 Å². The van der Waals surface area contributed by atoms with E-state index in [9.17, 15) is 13.2 Å². The van der Waals surface area contributed by atoms with Crippen molar-refractivity contribution in [1.82, 2.24) is 14.5 Å². The maximum absolute atomic E-state index is 12.9. The lowest BCUT2D eigenvalue weighted by molar-refractivity contribution is 0.0952. The van der Waals surface area contributed by atoms with Gasteiger partial charge in [0.15, 0.2) is 0 Å². The molecule has 1 aromatic carbocycles. The predicted molar refractivity (Wildman–Crippen MR) is 99.3 cm³/mol. The van der Waals surface area contributed by atoms with Crippen LogP contribution in [-0.2, 0) is 10.0 Å². The first kappa shape index (κ1) is 19.9. The molecule has 1 fully saturated rings. The second-order valence-corrected chi connectivity index (χ2v) is 8.59. The molecule has 0 atom stereocenters. The SMILES string of the molecule is CCCCCNC(=O)c1cc(S(=O)(=O)N2CCN(C)CC2)ccc1C. The van der Waals surface area contributed by atoms with E-state index in [4.69, 9.17) is 0 Å². The number of carbonyl (C=O) groups is 1. The highest BCUT2D eigenvalue weighted by Crippen LogP contribution is 2.21. The monoisotopic (exact) mass is 367 g/mol. The van der Waals surface area contributed by atoms with Crippen LogP contribution in [0.1, 0.15) is 42.1 Å². The summed E-state index contributed by atoms with van der Waals surface area (Å²) in [5, 5.41) is 2.88. The van der Waals surface area contributed by atoms with Crippen molar-refractivity contribution in [2.75, 3.05) is 39.8 Å². The first-order valence-corrected chi connectivity index (χ1v) is 10.4. The summed E-state index contributed by atoms with van der Waals surface area (Å²) in [5.74, 6) is -0.205. The van der Waals surface area contributed by atoms with Gasteiger partial charge in [0.05, 0.1) is 4.90 Å². The maximum atomic E-state index is 12.9. The molecule has 1 aliphatic rings. The maximum Gasteiger partial charge on any atom is 0.251 e. The molecule has 0 unspecified atom stereocenters. The third kappa shape index (κ3) is 5.03. The Morgan fingerprint density at radius 1 is 1.16 bits per heavy atom. The molecule has 1 aromatic rings. The van der Waals surface area contributed by atoms with Crippen LogP contribution in [0, 0.1) is 6.92 Å². The molecule has 6 nitrogen and oxygen atoms in total. The zero-order chi connectivity index (χ0) is 18.4. The second kappa shape index (κ2) is 8.78. The molecule has 1 aliphatic heterocycles. The minimum Gasteiger partial charge on any atom is -0.352 e. The number of hydrogen-bond donors (Lipinski definition) is 1. The Morgan fingerprint density at radius 3 is 2.48 bits per heavy atom. The highest BCUT2D eigenvalue weighted by molar-refractivity contribution is 7.89. The number of benzene rings is 1. The summed E-state index contributed by atoms with van der Waals surface area (Å²) in [6, 6.07) is 4.82. The molecule has 7 heteroatoms. The molecule has 2 rings (SSSR count). The van der Waals surface area contributed by atoms with Gasteiger partial charge in [-0.05, 0) is 38.1 Å². The first-order valence-electron chi connectivity index (χ1n) is 8.93. The molecule has 0 radical (unpaired) electrons. The highest BCUT2D eigenvalue weighted by atomic mass is 32.2. The molecule has 140 valence electrons. The van der Waals surface area contributed by atoms with Crippen molar-refractivity contribution >= 4 is 15.9 Å². The Bertz CT molecular complexity index is 696. The third-order valence-corrected chi connectivity index (χ3v) is 6.51. The van der Waals surface area contributed by atoms with E-state index in [1.807, 2.05) is 14.0 Å². The third-order valence-electron chi connectivity index (χ3n) is 4.62. The molecule has 0 aromatic heterocycles. The minimum atomic E-state index is -3.56. The largest absolute Gasteiger partial charge is 0.352 e. The highest BCUT2D eigenvalue weighted by Gasteiger charge is 2.28. The molecule has 1 N–H and O–H groups in total. The fraction of sp³-hybridized carbons (Fsp3) is 0.611. The number of piperazine rings is 1. The lowest BCUT2D eigenvalue weighted by Crippen LogP contribution is -2.47. The van der Waals surface area contributed by atoms with E-state index in [0.717, 1.165) is 37.9 Å². The molecular formula is C18H29N3O3S. The number of hydrogen-bond acceptors (Lipinski definition) is 4. The Morgan fingerprint density at radius 2 is 1.84 bits per heavy atom. The smallest absolute Gasteiger partial charge is 0.251 e. The van der Waals surface area contributed by atoms with Crippen molar-refractivity contribution in [2.24, 2.45) is 0 Å². The van der Waals surface area contributed by atoms with Gasteiger partial charge in [-0.15, -0.1) is 0 Å². The van der Waals surface area contributed by atoms with Gasteiger partial charge in [0.25, 0.3) is 5.91 Å². The van der Waals surface area contributed by atoms with Crippen LogP contribution in [0.3, 0.4) is 0 Å². The van der Waals surface area contributed by atoms with Crippen LogP contribution in [0.5, 0.6) is 0 Å². The quantitative estimate of drug-likeness (QED) is 0.747. The Labute approximate surface area is 151 Å². The van der Waals surface area contributed by atoms with Crippen molar-refractivity contribution < 1.29 is 13.2 Å². The van der Waals surface area contributed by atoms with E-state index in [0.29, 0.717) is 25.2 Å². The first-order chi connectivity index (χ1) is 11.9. The van der Waals surface area contributed by atoms with Gasteiger partial charge < -0.3 is 10.2 Å². The lowest BCUT2D eigenvalue weighted by atomic mass is 10.1. The molecule has 0 spiro atoms. The van der Waals surface area contributed by atoms with Crippen LogP contribution in [-0.4, -0.2) is 63.3 Å². The summed E-state index contributed by atoms with van der Waals surface area (Å²) in [6.07, 6.45) is 3.09. The zero-order valence-corrected chi connectivity index (χ0v) is 16.2. The minimum absolute atomic E-state index is 0.196. The van der Waals surface area contributed by atoms with Gasteiger partial charge in [-0.3, -0.25) is 4.79 Å². The number of rotatable bonds is 7. The van der Waals surface area contributed by atoms with Crippen LogP contribution in [0.4, 0.5) is 0 Å². The average Bonchev–Trinajstić information content (AvgIpc) is 2.59. The number of aryl methyl sites for hydroxylation is 1. The standard InChI is InChI=1S/C18H29N3O3S/c1-4-5-6-9-19-18(22)17-14-16(8-7-15(17)2)25(23,24)21-12-10-20(3)11-13-21/h7-8,14H,4-6,9-13H2,1-3H3,(H,19,22). The number of nitrogens with zero attached hydrogens (tertiary/aromatic N) is 2. The summed E-state index contributed by atoms with van der Waals surface area (Å²) >= 11 is 0. The predicted octanol–water partition coefficient (Wildman–Crippen LogP) is 1.85. The van der Waals surface area contributed by atoms with Crippen LogP contribution in [0.25, 0.3) is 0 Å². The van der Waals surface area contributed by atoms with E-state index >= 15 is 0 Å². The molecule has 25 heavy (non-hydrogen) atoms. The normalized spacial score (nSPS) is 16.8. The number of nitrogens with one attached hydrogen (secondary N) is 1. The Hall–Kier alpha value is -1.44. The summed E-state index contributed by atoms with van der Waals surface area (Å²) in [6.45, 7) is 6.94. The van der Waals surface area contributed by atoms with Gasteiger partial charge in [-0.25, -0.2) is 8.42 Å². The fourth-order valence-corrected chi connectivity index (χ4v) is 4.30. The molecular weight excluding hydrogens is 338 g/mol. The molecule has 0 aliphatic carbocycles. The molecule has 0 bridgehead atoms. The average molecular weight is 368 g/mol. The summed E-state index contributed by atoms with van der Waals surface area (Å²) < 4.78 is 27.2. The number of carbonyl (C=O) groups excluding carboxylic acids is 1. The van der Waals surface area contributed by atoms with Crippen molar-refractivity contribution in [3.05, 3.63) is 29.3 Å². The second-order valence-electron chi connectivity index (χ2n) is 6.65. The van der Waals surface area contributed by atoms with Crippen molar-refractivity contribution in [2.45, 2.75) is 38.0 Å². The fourth-order valence-electron chi connectivity index (χ4n) is 2.86. The molecule has 1 saturated heterocycles. The van der Waals surface area contributed by atoms with Gasteiger partial charge in [0.1, 0.15) is 0 Å². The summed E-state index contributed by atoms with van der Waals surface area (Å²) in [7, 11) is -1.58. The van der Waals surface area contributed by atoms with Gasteiger partial charge in [-0.2, -0.15) is 4.31 Å². The topological polar surface area (TPSA) is 69.7 Å². The Kier molecular flexibility index (Phi) is 6.98. The summed E-state index contributed by atoms with van der Waals surface area (Å²) in [5.41, 5.74) is 1.22. The Balaban J connectivity index is 2.15. The van der Waals surface area contributed by atoms with Gasteiger partial charge in [0, 0.05) is 38.3 Å². The van der Waals surface area contributed by atoms with E-state index in [1.54, 1.807) is 12.1 Å². The van der Waals surface area contributed by atoms with E-state index < -0.39 is 10.0 Å². The summed E-state index contributed by atoms with van der Waals surface area (Å²) in [4.78, 5) is 14.7. The molecule has 1 heterocycles. The van der Waals surface area contributed by atoms with E-state index in [-0.39, 0.29) is 10.8 Å². The lowest BCUT2D eigenvalue weighted by Gasteiger charge is -2.31. The molecule has 0 saturated carbocycles. The van der Waals surface area contributed by atoms with Crippen LogP contribution >= 0.6 is 0 Å². The van der Waals surface area contributed by atoms with Crippen molar-refractivity contribution in [1.29, 1.82) is 0 Å². The van der Waals surface area contributed by atoms with Crippen LogP contribution < -0.4 is 5.32 Å². The molecule has 1 amide bonds. The number of sulfonamides is 1. The van der Waals surface area contributed by atoms with Gasteiger partial charge in [-0.1, -0.05) is 25.8 Å². The van der Waals surface area contributed by atoms with Gasteiger partial charge >= 0.3 is 0 Å². The van der Waals surface area contributed by atoms with Crippen molar-refractivity contribution in [3.63, 3.8) is 0 Å². The number of likely N-dealkylation sites (N-methyl/N-ethyl adjacent to an activating group) is 1. The number of amides is 1. The van der Waals surface area contributed by atoms with Gasteiger partial charge in [0.2, 0.25) is 10.0 Å². The van der Waals surface area contributed by atoms with E-state index in [2.05, 4.69) is 17.1 Å². The number of unbranched alkanes of at least 4 members (excludes halogenated alkanes) is 2. The van der Waals surface area contributed by atoms with Crippen molar-refractivity contribution in [3.8, 4) is 0 Å².